The molecule has 2 aromatic carbocycles. The second-order valence-electron chi connectivity index (χ2n) is 7.88. The first kappa shape index (κ1) is 20.9. The Labute approximate surface area is 170 Å². The molecule has 0 fully saturated rings. The molecule has 8 heteroatoms. The number of aryl methyl sites for hydroxylation is 1. The zero-order valence-electron chi connectivity index (χ0n) is 17.1. The molecule has 0 saturated carbocycles. The summed E-state index contributed by atoms with van der Waals surface area (Å²) in [4.78, 5) is 15.7. The molecule has 29 heavy (non-hydrogen) atoms. The summed E-state index contributed by atoms with van der Waals surface area (Å²) in [6.45, 7) is 9.60. The highest BCUT2D eigenvalue weighted by atomic mass is 32.2. The minimum atomic E-state index is -4.05. The van der Waals surface area contributed by atoms with Crippen molar-refractivity contribution in [2.75, 3.05) is 10.8 Å². The van der Waals surface area contributed by atoms with Crippen molar-refractivity contribution < 1.29 is 22.7 Å². The summed E-state index contributed by atoms with van der Waals surface area (Å²) in [5.74, 6) is -1.18. The van der Waals surface area contributed by atoms with Crippen molar-refractivity contribution >= 4 is 33.1 Å². The Morgan fingerprint density at radius 3 is 2.45 bits per heavy atom. The van der Waals surface area contributed by atoms with Crippen LogP contribution in [-0.4, -0.2) is 31.0 Å². The van der Waals surface area contributed by atoms with Gasteiger partial charge in [-0.25, -0.2) is 17.5 Å². The molecular formula is C21H24N2O5S. The lowest BCUT2D eigenvalue weighted by Crippen LogP contribution is -2.31. The Hall–Kier alpha value is -2.87. The average Bonchev–Trinajstić information content (AvgIpc) is 3.03. The molecular weight excluding hydrogens is 392 g/mol. The molecule has 1 N–H and O–H groups in total. The summed E-state index contributed by atoms with van der Waals surface area (Å²) < 4.78 is 33.1. The van der Waals surface area contributed by atoms with Crippen LogP contribution in [0.2, 0.25) is 0 Å². The predicted molar refractivity (Wildman–Crippen MR) is 111 cm³/mol. The van der Waals surface area contributed by atoms with E-state index in [1.165, 1.54) is 12.1 Å². The van der Waals surface area contributed by atoms with Crippen molar-refractivity contribution in [2.24, 2.45) is 0 Å². The van der Waals surface area contributed by atoms with Crippen LogP contribution in [0.5, 0.6) is 0 Å². The molecule has 0 aliphatic rings. The standard InChI is InChI=1S/C21H24N2O5S/c1-6-23(29(26,27)15-9-7-13(2)16(12-15)19(24)25)20-22-17-11-14(21(3,4)5)8-10-18(17)28-20/h7-12H,6H2,1-5H3,(H,24,25). The maximum atomic E-state index is 13.2. The zero-order chi connectivity index (χ0) is 21.6. The normalized spacial score (nSPS) is 12.3. The van der Waals surface area contributed by atoms with Crippen LogP contribution >= 0.6 is 0 Å². The molecule has 7 nitrogen and oxygen atoms in total. The van der Waals surface area contributed by atoms with Gasteiger partial charge in [-0.3, -0.25) is 0 Å². The highest BCUT2D eigenvalue weighted by Crippen LogP contribution is 2.31. The molecule has 3 aromatic rings. The number of hydrogen-bond donors (Lipinski definition) is 1. The molecule has 0 radical (unpaired) electrons. The molecule has 154 valence electrons. The van der Waals surface area contributed by atoms with Gasteiger partial charge >= 0.3 is 12.0 Å². The van der Waals surface area contributed by atoms with Crippen molar-refractivity contribution in [2.45, 2.75) is 44.9 Å². The summed E-state index contributed by atoms with van der Waals surface area (Å²) >= 11 is 0. The number of hydrogen-bond acceptors (Lipinski definition) is 5. The van der Waals surface area contributed by atoms with Gasteiger partial charge in [-0.15, -0.1) is 0 Å². The lowest BCUT2D eigenvalue weighted by Gasteiger charge is -2.19. The molecule has 0 unspecified atom stereocenters. The van der Waals surface area contributed by atoms with Crippen molar-refractivity contribution in [3.05, 3.63) is 53.1 Å². The highest BCUT2D eigenvalue weighted by Gasteiger charge is 2.29. The summed E-state index contributed by atoms with van der Waals surface area (Å²) in [6.07, 6.45) is 0. The van der Waals surface area contributed by atoms with Crippen molar-refractivity contribution in [1.82, 2.24) is 4.98 Å². The average molecular weight is 416 g/mol. The number of sulfonamides is 1. The van der Waals surface area contributed by atoms with Crippen molar-refractivity contribution in [1.29, 1.82) is 0 Å². The van der Waals surface area contributed by atoms with E-state index in [1.54, 1.807) is 19.9 Å². The molecule has 0 amide bonds. The van der Waals surface area contributed by atoms with Crippen LogP contribution in [0.25, 0.3) is 11.1 Å². The van der Waals surface area contributed by atoms with Gasteiger partial charge in [-0.2, -0.15) is 4.98 Å². The lowest BCUT2D eigenvalue weighted by molar-refractivity contribution is 0.0696. The second-order valence-corrected chi connectivity index (χ2v) is 9.74. The number of carbonyl (C=O) groups is 1. The topological polar surface area (TPSA) is 101 Å². The molecule has 0 spiro atoms. The van der Waals surface area contributed by atoms with E-state index < -0.39 is 16.0 Å². The van der Waals surface area contributed by atoms with Gasteiger partial charge in [0.1, 0.15) is 5.52 Å². The number of carboxylic acids is 1. The van der Waals surface area contributed by atoms with Crippen LogP contribution in [0, 0.1) is 6.92 Å². The molecule has 0 atom stereocenters. The van der Waals surface area contributed by atoms with Crippen LogP contribution < -0.4 is 4.31 Å². The zero-order valence-corrected chi connectivity index (χ0v) is 17.9. The summed E-state index contributed by atoms with van der Waals surface area (Å²) in [7, 11) is -4.05. The van der Waals surface area contributed by atoms with E-state index in [9.17, 15) is 18.3 Å². The van der Waals surface area contributed by atoms with Gasteiger partial charge in [0.05, 0.1) is 10.5 Å². The number of benzene rings is 2. The SMILES string of the molecule is CCN(c1nc2cc(C(C)(C)C)ccc2o1)S(=O)(=O)c1ccc(C)c(C(=O)O)c1. The van der Waals surface area contributed by atoms with E-state index in [0.717, 1.165) is 15.9 Å². The fourth-order valence-electron chi connectivity index (χ4n) is 3.02. The number of rotatable bonds is 5. The molecule has 0 bridgehead atoms. The summed E-state index contributed by atoms with van der Waals surface area (Å²) in [6, 6.07) is 9.58. The number of aromatic carboxylic acids is 1. The second kappa shape index (κ2) is 7.18. The van der Waals surface area contributed by atoms with Gasteiger partial charge in [-0.05, 0) is 54.7 Å². The predicted octanol–water partition coefficient (Wildman–Crippen LogP) is 4.35. The molecule has 3 rings (SSSR count). The Kier molecular flexibility index (Phi) is 5.17. The van der Waals surface area contributed by atoms with Gasteiger partial charge in [0.25, 0.3) is 10.0 Å². The maximum Gasteiger partial charge on any atom is 0.335 e. The number of anilines is 1. The first-order valence-electron chi connectivity index (χ1n) is 9.23. The third kappa shape index (κ3) is 3.85. The van der Waals surface area contributed by atoms with E-state index in [2.05, 4.69) is 25.8 Å². The number of fused-ring (bicyclic) bond motifs is 1. The van der Waals surface area contributed by atoms with Crippen LogP contribution in [0.4, 0.5) is 6.01 Å². The van der Waals surface area contributed by atoms with E-state index in [1.807, 2.05) is 12.1 Å². The minimum Gasteiger partial charge on any atom is -0.478 e. The number of carboxylic acid groups (broad SMARTS) is 1. The largest absolute Gasteiger partial charge is 0.478 e. The number of nitrogens with zero attached hydrogens (tertiary/aromatic N) is 2. The first-order valence-corrected chi connectivity index (χ1v) is 10.7. The van der Waals surface area contributed by atoms with E-state index in [0.29, 0.717) is 16.7 Å². The van der Waals surface area contributed by atoms with Crippen LogP contribution in [0.1, 0.15) is 49.2 Å². The molecule has 0 aliphatic heterocycles. The fraction of sp³-hybridized carbons (Fsp3) is 0.333. The van der Waals surface area contributed by atoms with Gasteiger partial charge in [0.15, 0.2) is 5.58 Å². The summed E-state index contributed by atoms with van der Waals surface area (Å²) in [5.41, 5.74) is 2.44. The van der Waals surface area contributed by atoms with Gasteiger partial charge in [-0.1, -0.05) is 32.9 Å². The van der Waals surface area contributed by atoms with Crippen LogP contribution in [0.15, 0.2) is 45.7 Å². The Bertz CT molecular complexity index is 1190. The summed E-state index contributed by atoms with van der Waals surface area (Å²) in [5, 5.41) is 9.32. The quantitative estimate of drug-likeness (QED) is 0.664. The Balaban J connectivity index is 2.09. The van der Waals surface area contributed by atoms with Gasteiger partial charge in [0.2, 0.25) is 0 Å². The molecule has 1 aromatic heterocycles. The maximum absolute atomic E-state index is 13.2. The van der Waals surface area contributed by atoms with Crippen LogP contribution in [0.3, 0.4) is 0 Å². The first-order chi connectivity index (χ1) is 13.4. The monoisotopic (exact) mass is 416 g/mol. The van der Waals surface area contributed by atoms with Crippen molar-refractivity contribution in [3.8, 4) is 0 Å². The third-order valence-electron chi connectivity index (χ3n) is 4.77. The Morgan fingerprint density at radius 2 is 1.86 bits per heavy atom. The van der Waals surface area contributed by atoms with Gasteiger partial charge < -0.3 is 9.52 Å². The van der Waals surface area contributed by atoms with E-state index in [4.69, 9.17) is 4.42 Å². The van der Waals surface area contributed by atoms with E-state index >= 15 is 0 Å². The third-order valence-corrected chi connectivity index (χ3v) is 6.61. The number of aromatic nitrogens is 1. The van der Waals surface area contributed by atoms with Gasteiger partial charge in [0, 0.05) is 6.54 Å². The molecule has 0 saturated heterocycles. The highest BCUT2D eigenvalue weighted by molar-refractivity contribution is 7.92. The molecule has 1 heterocycles. The minimum absolute atomic E-state index is 0.0500. The molecule has 0 aliphatic carbocycles. The van der Waals surface area contributed by atoms with Crippen LogP contribution in [-0.2, 0) is 15.4 Å². The lowest BCUT2D eigenvalue weighted by atomic mass is 9.87. The smallest absolute Gasteiger partial charge is 0.335 e. The number of oxazole rings is 1. The Morgan fingerprint density at radius 1 is 1.17 bits per heavy atom. The van der Waals surface area contributed by atoms with E-state index in [-0.39, 0.29) is 28.4 Å². The van der Waals surface area contributed by atoms with Crippen molar-refractivity contribution in [3.63, 3.8) is 0 Å². The fourth-order valence-corrected chi connectivity index (χ4v) is 4.40.